The van der Waals surface area contributed by atoms with Crippen molar-refractivity contribution in [2.75, 3.05) is 0 Å². The van der Waals surface area contributed by atoms with Crippen LogP contribution in [0.1, 0.15) is 28.3 Å². The van der Waals surface area contributed by atoms with Crippen molar-refractivity contribution in [2.45, 2.75) is 6.92 Å². The van der Waals surface area contributed by atoms with Crippen LogP contribution in [0.2, 0.25) is 0 Å². The third-order valence-corrected chi connectivity index (χ3v) is 8.80. The maximum atomic E-state index is 5.62. The summed E-state index contributed by atoms with van der Waals surface area (Å²) in [6, 6.07) is 28.5. The molecule has 0 fully saturated rings. The fraction of sp³-hybridized carbons (Fsp3) is 0.0159. The number of H-pyrrole nitrogens is 2. The average Bonchev–Trinajstić information content (AvgIpc) is 4.20. The molecule has 5 heteroatoms. The zero-order valence-electron chi connectivity index (χ0n) is 35.8. The highest BCUT2D eigenvalue weighted by atomic mass is 16.5. The van der Waals surface area contributed by atoms with Crippen molar-refractivity contribution in [2.24, 2.45) is 0 Å². The van der Waals surface area contributed by atoms with Crippen molar-refractivity contribution in [3.05, 3.63) is 113 Å². The van der Waals surface area contributed by atoms with E-state index in [9.17, 15) is 0 Å². The quantitative estimate of drug-likeness (QED) is 0.176. The number of nitrogens with zero attached hydrogens (tertiary/aromatic N) is 2. The van der Waals surface area contributed by atoms with E-state index in [1.54, 1.807) is 0 Å². The Morgan fingerprint density at radius 2 is 0.750 bits per heavy atom. The molecule has 0 amide bonds. The molecule has 0 unspecified atom stereocenters. The first-order chi connectivity index (χ1) is 33.6. The first-order valence-corrected chi connectivity index (χ1v) is 20.0. The Kier molecular flexibility index (Phi) is 15.7. The molecular formula is C63H24N4O. The second-order valence-corrected chi connectivity index (χ2v) is 13.3. The molecular weight excluding hydrogens is 829 g/mol. The van der Waals surface area contributed by atoms with Gasteiger partial charge in [0.1, 0.15) is 11.9 Å². The van der Waals surface area contributed by atoms with Gasteiger partial charge >= 0.3 is 0 Å². The molecule has 5 heterocycles. The van der Waals surface area contributed by atoms with Gasteiger partial charge < -0.3 is 14.7 Å². The van der Waals surface area contributed by atoms with E-state index >= 15 is 0 Å². The Hall–Kier alpha value is -11.8. The van der Waals surface area contributed by atoms with E-state index in [1.807, 2.05) is 60.7 Å². The summed E-state index contributed by atoms with van der Waals surface area (Å²) in [5, 5.41) is 0. The Morgan fingerprint density at radius 3 is 1.13 bits per heavy atom. The first-order valence-electron chi connectivity index (χ1n) is 20.0. The summed E-state index contributed by atoms with van der Waals surface area (Å²) in [6.07, 6.45) is 15.7. The number of benzene rings is 2. The summed E-state index contributed by atoms with van der Waals surface area (Å²) in [6.45, 7) is 2.09. The van der Waals surface area contributed by atoms with Crippen LogP contribution >= 0.6 is 0 Å². The summed E-state index contributed by atoms with van der Waals surface area (Å²) in [5.41, 5.74) is 12.3. The number of ether oxygens (including phenoxy) is 1. The summed E-state index contributed by atoms with van der Waals surface area (Å²) in [4.78, 5) is 17.3. The zero-order chi connectivity index (χ0) is 46.9. The number of hydrogen-bond acceptors (Lipinski definition) is 3. The fourth-order valence-electron chi connectivity index (χ4n) is 6.02. The van der Waals surface area contributed by atoms with Crippen molar-refractivity contribution >= 4 is 46.4 Å². The van der Waals surface area contributed by atoms with Gasteiger partial charge in [0.25, 0.3) is 0 Å². The third-order valence-electron chi connectivity index (χ3n) is 8.80. The van der Waals surface area contributed by atoms with Gasteiger partial charge in [-0.25, -0.2) is 9.97 Å². The van der Waals surface area contributed by atoms with E-state index in [0.717, 1.165) is 67.1 Å². The van der Waals surface area contributed by atoms with Gasteiger partial charge in [0.15, 0.2) is 0 Å². The Labute approximate surface area is 395 Å². The second-order valence-electron chi connectivity index (χ2n) is 13.3. The van der Waals surface area contributed by atoms with Crippen molar-refractivity contribution in [3.8, 4) is 206 Å². The predicted molar refractivity (Wildman–Crippen MR) is 273 cm³/mol. The monoisotopic (exact) mass is 852 g/mol. The molecule has 68 heavy (non-hydrogen) atoms. The maximum absolute atomic E-state index is 5.62. The maximum Gasteiger partial charge on any atom is 0.140 e. The Morgan fingerprint density at radius 1 is 0.397 bits per heavy atom. The lowest BCUT2D eigenvalue weighted by molar-refractivity contribution is 0.520. The van der Waals surface area contributed by atoms with Crippen LogP contribution in [-0.4, -0.2) is 19.9 Å². The summed E-state index contributed by atoms with van der Waals surface area (Å²) >= 11 is 0. The summed E-state index contributed by atoms with van der Waals surface area (Å²) in [5.74, 6) is 70.9. The minimum absolute atomic E-state index is 0.552. The van der Waals surface area contributed by atoms with Crippen LogP contribution in [0, 0.1) is 185 Å². The SMILES string of the molecule is C#CC#CC#CC#CC#CC#CC#CC#CC#CC#CC#CC#CC#CC#CC#COc1ccc(-c2c3nc(cc4ccc([nH]4)c(-c4ccc(C)cc4)c4nc(cc5ccc2[nH]5)C=C4)C=C3)cc1. The smallest absolute Gasteiger partial charge is 0.140 e. The molecule has 5 aromatic rings. The van der Waals surface area contributed by atoms with Gasteiger partial charge in [0.05, 0.1) is 22.8 Å². The van der Waals surface area contributed by atoms with E-state index in [4.69, 9.17) is 21.1 Å². The van der Waals surface area contributed by atoms with E-state index in [-0.39, 0.29) is 0 Å². The number of nitrogens with one attached hydrogen (secondary N) is 2. The molecule has 0 spiro atoms. The van der Waals surface area contributed by atoms with Crippen LogP contribution in [0.5, 0.6) is 5.75 Å². The normalized spacial score (nSPS) is 8.65. The van der Waals surface area contributed by atoms with Crippen LogP contribution in [0.25, 0.3) is 68.6 Å². The molecule has 302 valence electrons. The van der Waals surface area contributed by atoms with Gasteiger partial charge in [-0.05, 0) is 138 Å². The summed E-state index contributed by atoms with van der Waals surface area (Å²) < 4.78 is 5.62. The molecule has 0 radical (unpaired) electrons. The van der Waals surface area contributed by atoms with Crippen molar-refractivity contribution < 1.29 is 4.74 Å². The van der Waals surface area contributed by atoms with Crippen molar-refractivity contribution in [1.82, 2.24) is 19.9 Å². The van der Waals surface area contributed by atoms with E-state index in [1.165, 1.54) is 5.56 Å². The van der Waals surface area contributed by atoms with E-state index < -0.39 is 0 Å². The number of fused-ring (bicyclic) bond motifs is 8. The second kappa shape index (κ2) is 24.0. The Balaban J connectivity index is 0.963. The van der Waals surface area contributed by atoms with E-state index in [2.05, 4.69) is 237 Å². The molecule has 0 aliphatic carbocycles. The fourth-order valence-corrected chi connectivity index (χ4v) is 6.02. The lowest BCUT2D eigenvalue weighted by Crippen LogP contribution is -1.87. The molecule has 7 rings (SSSR count). The summed E-state index contributed by atoms with van der Waals surface area (Å²) in [7, 11) is 0. The number of rotatable bonds is 3. The van der Waals surface area contributed by atoms with Crippen molar-refractivity contribution in [3.63, 3.8) is 0 Å². The molecule has 2 aromatic carbocycles. The number of aromatic nitrogens is 4. The third kappa shape index (κ3) is 13.4. The van der Waals surface area contributed by atoms with Crippen LogP contribution in [0.15, 0.2) is 84.9 Å². The van der Waals surface area contributed by atoms with Gasteiger partial charge in [0.2, 0.25) is 0 Å². The zero-order valence-corrected chi connectivity index (χ0v) is 35.8. The van der Waals surface area contributed by atoms with Gasteiger partial charge in [-0.15, -0.1) is 6.42 Å². The molecule has 8 bridgehead atoms. The first kappa shape index (κ1) is 44.3. The Bertz CT molecular complexity index is 4140. The average molecular weight is 853 g/mol. The van der Waals surface area contributed by atoms with Crippen LogP contribution in [0.4, 0.5) is 0 Å². The molecule has 3 aromatic heterocycles. The van der Waals surface area contributed by atoms with Gasteiger partial charge in [-0.2, -0.15) is 0 Å². The number of terminal acetylenes is 1. The largest absolute Gasteiger partial charge is 0.407 e. The topological polar surface area (TPSA) is 66.6 Å². The standard InChI is InChI=1S/C63H24N4O/c1-3-4-5-6-7-8-9-10-11-12-13-14-15-16-17-18-19-20-21-22-23-24-25-26-27-28-29-30-47-68-57-41-35-52(36-42-57)63-60-45-39-55(66-60)48-53-37-43-58(64-53)62(51-33-31-50(2)32-34-51)59-44-38-54(65-59)49-56-40-46-61(63)67-56/h1,31-46,48-49,64,67H,2H3. The number of aryl methyl sites for hydroxylation is 1. The predicted octanol–water partition coefficient (Wildman–Crippen LogP) is 8.32. The van der Waals surface area contributed by atoms with Crippen LogP contribution in [-0.2, 0) is 0 Å². The minimum atomic E-state index is 0.552. The van der Waals surface area contributed by atoms with Gasteiger partial charge in [0, 0.05) is 152 Å². The van der Waals surface area contributed by atoms with Gasteiger partial charge in [-0.1, -0.05) is 42.0 Å². The molecule has 2 aliphatic heterocycles. The highest BCUT2D eigenvalue weighted by molar-refractivity contribution is 5.93. The van der Waals surface area contributed by atoms with Gasteiger partial charge in [-0.3, -0.25) is 0 Å². The lowest BCUT2D eigenvalue weighted by Gasteiger charge is -2.05. The highest BCUT2D eigenvalue weighted by Crippen LogP contribution is 2.33. The molecule has 2 aliphatic rings. The van der Waals surface area contributed by atoms with Crippen LogP contribution in [0.3, 0.4) is 0 Å². The molecule has 0 saturated carbocycles. The minimum Gasteiger partial charge on any atom is -0.407 e. The number of hydrogen-bond donors (Lipinski definition) is 2. The van der Waals surface area contributed by atoms with Crippen LogP contribution < -0.4 is 4.74 Å². The number of aromatic amines is 2. The highest BCUT2D eigenvalue weighted by Gasteiger charge is 2.13. The molecule has 2 N–H and O–H groups in total. The van der Waals surface area contributed by atoms with E-state index in [0.29, 0.717) is 5.75 Å². The lowest BCUT2D eigenvalue weighted by atomic mass is 10.0. The molecule has 0 saturated heterocycles. The molecule has 5 nitrogen and oxygen atoms in total. The molecule has 0 atom stereocenters. The van der Waals surface area contributed by atoms with Crippen molar-refractivity contribution in [1.29, 1.82) is 0 Å².